The van der Waals surface area contributed by atoms with Crippen molar-refractivity contribution in [3.63, 3.8) is 0 Å². The number of carbonyl (C=O) groups excluding carboxylic acids is 2. The summed E-state index contributed by atoms with van der Waals surface area (Å²) < 4.78 is 8.64. The van der Waals surface area contributed by atoms with Crippen LogP contribution in [-0.2, 0) is 9.53 Å². The second-order valence-corrected chi connectivity index (χ2v) is 7.46. The van der Waals surface area contributed by atoms with Crippen LogP contribution in [-0.4, -0.2) is 58.6 Å². The van der Waals surface area contributed by atoms with Crippen molar-refractivity contribution in [1.29, 1.82) is 0 Å². The third-order valence-corrected chi connectivity index (χ3v) is 5.75. The molecular weight excluding hydrogens is 328 g/mol. The van der Waals surface area contributed by atoms with Crippen molar-refractivity contribution in [2.24, 2.45) is 5.92 Å². The van der Waals surface area contributed by atoms with E-state index in [0.29, 0.717) is 23.5 Å². The number of hydrogen-bond acceptors (Lipinski definition) is 7. The number of likely N-dealkylation sites (tertiary alicyclic amines) is 1. The zero-order valence-electron chi connectivity index (χ0n) is 14.2. The molecule has 1 aromatic heterocycles. The number of rotatable bonds is 7. The summed E-state index contributed by atoms with van der Waals surface area (Å²) in [4.78, 5) is 26.9. The van der Waals surface area contributed by atoms with Gasteiger partial charge in [-0.1, -0.05) is 4.49 Å². The van der Waals surface area contributed by atoms with Crippen molar-refractivity contribution in [3.8, 4) is 0 Å². The number of nitrogens with one attached hydrogen (secondary N) is 1. The first-order valence-electron chi connectivity index (χ1n) is 8.48. The van der Waals surface area contributed by atoms with Crippen LogP contribution >= 0.6 is 11.5 Å². The van der Waals surface area contributed by atoms with E-state index >= 15 is 0 Å². The van der Waals surface area contributed by atoms with Gasteiger partial charge in [-0.3, -0.25) is 14.5 Å². The highest BCUT2D eigenvalue weighted by Gasteiger charge is 2.38. The van der Waals surface area contributed by atoms with Crippen LogP contribution in [0.15, 0.2) is 0 Å². The molecule has 0 aromatic carbocycles. The lowest BCUT2D eigenvalue weighted by atomic mass is 10.1. The SMILES string of the molecule is COC(=O)C[C@H]1CC[C@@H](CNC(=O)c2snnc2C)N1CC1CC1. The summed E-state index contributed by atoms with van der Waals surface area (Å²) in [6.45, 7) is 3.41. The van der Waals surface area contributed by atoms with Crippen molar-refractivity contribution >= 4 is 23.4 Å². The van der Waals surface area contributed by atoms with Crippen LogP contribution in [0.4, 0.5) is 0 Å². The summed E-state index contributed by atoms with van der Waals surface area (Å²) in [7, 11) is 1.44. The van der Waals surface area contributed by atoms with E-state index in [0.717, 1.165) is 36.8 Å². The first kappa shape index (κ1) is 17.3. The molecule has 2 aliphatic rings. The van der Waals surface area contributed by atoms with Crippen LogP contribution in [0.2, 0.25) is 0 Å². The summed E-state index contributed by atoms with van der Waals surface area (Å²) in [5.41, 5.74) is 0.669. The fourth-order valence-corrected chi connectivity index (χ4v) is 3.93. The molecule has 3 rings (SSSR count). The minimum Gasteiger partial charge on any atom is -0.469 e. The Hall–Kier alpha value is -1.54. The Morgan fingerprint density at radius 2 is 2.04 bits per heavy atom. The van der Waals surface area contributed by atoms with Gasteiger partial charge < -0.3 is 10.1 Å². The lowest BCUT2D eigenvalue weighted by molar-refractivity contribution is -0.141. The topological polar surface area (TPSA) is 84.4 Å². The molecule has 2 fully saturated rings. The molecule has 1 saturated heterocycles. The number of ether oxygens (including phenoxy) is 1. The zero-order chi connectivity index (χ0) is 17.1. The number of hydrogen-bond donors (Lipinski definition) is 1. The fraction of sp³-hybridized carbons (Fsp3) is 0.750. The smallest absolute Gasteiger partial charge is 0.307 e. The number of amides is 1. The largest absolute Gasteiger partial charge is 0.469 e. The van der Waals surface area contributed by atoms with Crippen LogP contribution in [0, 0.1) is 12.8 Å². The van der Waals surface area contributed by atoms with Gasteiger partial charge in [0.05, 0.1) is 19.2 Å². The van der Waals surface area contributed by atoms with E-state index in [9.17, 15) is 9.59 Å². The molecule has 2 atom stereocenters. The molecule has 2 heterocycles. The zero-order valence-corrected chi connectivity index (χ0v) is 15.0. The highest BCUT2D eigenvalue weighted by atomic mass is 32.1. The van der Waals surface area contributed by atoms with Gasteiger partial charge in [0, 0.05) is 25.2 Å². The molecule has 8 heteroatoms. The summed E-state index contributed by atoms with van der Waals surface area (Å²) in [5, 5.41) is 6.89. The molecule has 0 spiro atoms. The van der Waals surface area contributed by atoms with Gasteiger partial charge in [0.1, 0.15) is 4.88 Å². The van der Waals surface area contributed by atoms with E-state index in [4.69, 9.17) is 4.74 Å². The molecule has 7 nitrogen and oxygen atoms in total. The number of methoxy groups -OCH3 is 1. The van der Waals surface area contributed by atoms with E-state index in [1.807, 2.05) is 0 Å². The molecule has 132 valence electrons. The summed E-state index contributed by atoms with van der Waals surface area (Å²) in [6, 6.07) is 0.511. The number of aryl methyl sites for hydroxylation is 1. The molecule has 1 N–H and O–H groups in total. The van der Waals surface area contributed by atoms with Crippen molar-refractivity contribution < 1.29 is 14.3 Å². The van der Waals surface area contributed by atoms with Gasteiger partial charge in [-0.25, -0.2) is 0 Å². The number of esters is 1. The molecule has 0 radical (unpaired) electrons. The van der Waals surface area contributed by atoms with Gasteiger partial charge in [-0.15, -0.1) is 5.10 Å². The van der Waals surface area contributed by atoms with Crippen LogP contribution in [0.3, 0.4) is 0 Å². The predicted molar refractivity (Wildman–Crippen MR) is 89.9 cm³/mol. The van der Waals surface area contributed by atoms with Gasteiger partial charge in [-0.2, -0.15) is 0 Å². The van der Waals surface area contributed by atoms with E-state index in [-0.39, 0.29) is 24.0 Å². The Labute approximate surface area is 145 Å². The van der Waals surface area contributed by atoms with Gasteiger partial charge in [0.25, 0.3) is 5.91 Å². The predicted octanol–water partition coefficient (Wildman–Crippen LogP) is 1.38. The average Bonchev–Trinajstić information content (AvgIpc) is 3.17. The standard InChI is InChI=1S/C16H24N4O3S/c1-10-15(24-19-18-10)16(22)17-8-13-6-5-12(7-14(21)23-2)20(13)9-11-3-4-11/h11-13H,3-9H2,1-2H3,(H,17,22)/t12-,13+/m1/s1. The van der Waals surface area contributed by atoms with Crippen LogP contribution in [0.5, 0.6) is 0 Å². The minimum absolute atomic E-state index is 0.106. The first-order valence-corrected chi connectivity index (χ1v) is 9.25. The molecule has 1 amide bonds. The third-order valence-electron chi connectivity index (χ3n) is 4.92. The van der Waals surface area contributed by atoms with Gasteiger partial charge in [0.15, 0.2) is 0 Å². The number of carbonyl (C=O) groups is 2. The van der Waals surface area contributed by atoms with Gasteiger partial charge in [-0.05, 0) is 50.1 Å². The summed E-state index contributed by atoms with van der Waals surface area (Å²) >= 11 is 1.13. The second kappa shape index (κ2) is 7.57. The van der Waals surface area contributed by atoms with Crippen LogP contribution in [0.25, 0.3) is 0 Å². The molecule has 24 heavy (non-hydrogen) atoms. The maximum Gasteiger partial charge on any atom is 0.307 e. The minimum atomic E-state index is -0.156. The van der Waals surface area contributed by atoms with E-state index in [2.05, 4.69) is 19.8 Å². The lowest BCUT2D eigenvalue weighted by Crippen LogP contribution is -2.44. The fourth-order valence-electron chi connectivity index (χ4n) is 3.36. The summed E-state index contributed by atoms with van der Waals surface area (Å²) in [6.07, 6.45) is 4.95. The second-order valence-electron chi connectivity index (χ2n) is 6.70. The molecule has 0 bridgehead atoms. The molecular formula is C16H24N4O3S. The Morgan fingerprint density at radius 3 is 2.67 bits per heavy atom. The first-order chi connectivity index (χ1) is 11.6. The van der Waals surface area contributed by atoms with Gasteiger partial charge in [0.2, 0.25) is 0 Å². The van der Waals surface area contributed by atoms with E-state index in [1.165, 1.54) is 20.0 Å². The highest BCUT2D eigenvalue weighted by Crippen LogP contribution is 2.35. The van der Waals surface area contributed by atoms with Crippen molar-refractivity contribution in [2.75, 3.05) is 20.2 Å². The molecule has 1 saturated carbocycles. The maximum atomic E-state index is 12.3. The monoisotopic (exact) mass is 352 g/mol. The van der Waals surface area contributed by atoms with Crippen molar-refractivity contribution in [1.82, 2.24) is 19.8 Å². The van der Waals surface area contributed by atoms with Crippen LogP contribution in [0.1, 0.15) is 47.5 Å². The molecule has 0 unspecified atom stereocenters. The Kier molecular flexibility index (Phi) is 5.45. The Bertz CT molecular complexity index is 602. The maximum absolute atomic E-state index is 12.3. The lowest BCUT2D eigenvalue weighted by Gasteiger charge is -2.30. The number of aromatic nitrogens is 2. The van der Waals surface area contributed by atoms with Crippen molar-refractivity contribution in [2.45, 2.75) is 51.1 Å². The molecule has 1 aromatic rings. The van der Waals surface area contributed by atoms with E-state index < -0.39 is 0 Å². The normalized spacial score (nSPS) is 24.1. The Balaban J connectivity index is 1.58. The van der Waals surface area contributed by atoms with E-state index in [1.54, 1.807) is 6.92 Å². The third kappa shape index (κ3) is 4.10. The van der Waals surface area contributed by atoms with Gasteiger partial charge >= 0.3 is 5.97 Å². The molecule has 1 aliphatic carbocycles. The molecule has 1 aliphatic heterocycles. The Morgan fingerprint density at radius 1 is 1.29 bits per heavy atom. The average molecular weight is 352 g/mol. The van der Waals surface area contributed by atoms with Crippen LogP contribution < -0.4 is 5.32 Å². The number of nitrogens with zero attached hydrogens (tertiary/aromatic N) is 3. The van der Waals surface area contributed by atoms with Crippen molar-refractivity contribution in [3.05, 3.63) is 10.6 Å². The quantitative estimate of drug-likeness (QED) is 0.747. The summed E-state index contributed by atoms with van der Waals surface area (Å²) in [5.74, 6) is 0.483. The highest BCUT2D eigenvalue weighted by molar-refractivity contribution is 7.07.